The summed E-state index contributed by atoms with van der Waals surface area (Å²) in [5.41, 5.74) is 1.04. The summed E-state index contributed by atoms with van der Waals surface area (Å²) < 4.78 is 5.49. The van der Waals surface area contributed by atoms with Crippen LogP contribution in [-0.2, 0) is 14.3 Å². The lowest BCUT2D eigenvalue weighted by Gasteiger charge is -2.15. The van der Waals surface area contributed by atoms with Gasteiger partial charge in [0.05, 0.1) is 23.6 Å². The van der Waals surface area contributed by atoms with Crippen LogP contribution in [-0.4, -0.2) is 37.0 Å². The number of rotatable bonds is 4. The maximum Gasteiger partial charge on any atom is 0.251 e. The van der Waals surface area contributed by atoms with Gasteiger partial charge < -0.3 is 10.1 Å². The van der Waals surface area contributed by atoms with E-state index in [1.54, 1.807) is 24.3 Å². The van der Waals surface area contributed by atoms with Gasteiger partial charge >= 0.3 is 0 Å². The number of nitrogens with one attached hydrogen (secondary N) is 1. The topological polar surface area (TPSA) is 75.7 Å². The van der Waals surface area contributed by atoms with Gasteiger partial charge in [-0.3, -0.25) is 19.3 Å². The molecule has 0 unspecified atom stereocenters. The van der Waals surface area contributed by atoms with Crippen LogP contribution in [0, 0.1) is 11.8 Å². The number of carbonyl (C=O) groups is 3. The highest BCUT2D eigenvalue weighted by Crippen LogP contribution is 2.37. The standard InChI is InChI=1S/C20H22N2O4/c23-18(21-12-15-4-3-11-26-15)13-7-9-14(10-8-13)22-19(24)16-5-1-2-6-17(16)20(22)25/h1-2,7-10,15-17H,3-6,11-12H2,(H,21,23)/t15-,16-,17-/m0/s1. The number of benzene rings is 1. The van der Waals surface area contributed by atoms with E-state index in [0.29, 0.717) is 30.6 Å². The molecule has 1 aliphatic carbocycles. The molecule has 2 heterocycles. The van der Waals surface area contributed by atoms with E-state index >= 15 is 0 Å². The van der Waals surface area contributed by atoms with E-state index in [-0.39, 0.29) is 35.7 Å². The minimum atomic E-state index is -0.248. The van der Waals surface area contributed by atoms with Crippen molar-refractivity contribution >= 4 is 23.4 Å². The summed E-state index contributed by atoms with van der Waals surface area (Å²) in [6.45, 7) is 1.25. The molecule has 1 N–H and O–H groups in total. The van der Waals surface area contributed by atoms with Crippen LogP contribution in [0.3, 0.4) is 0 Å². The van der Waals surface area contributed by atoms with Crippen molar-refractivity contribution in [3.05, 3.63) is 42.0 Å². The van der Waals surface area contributed by atoms with Crippen LogP contribution in [0.5, 0.6) is 0 Å². The average molecular weight is 354 g/mol. The Morgan fingerprint density at radius 3 is 2.31 bits per heavy atom. The summed E-state index contributed by atoms with van der Waals surface area (Å²) in [7, 11) is 0. The van der Waals surface area contributed by atoms with Crippen molar-refractivity contribution in [2.24, 2.45) is 11.8 Å². The second-order valence-electron chi connectivity index (χ2n) is 7.06. The molecule has 6 heteroatoms. The molecule has 26 heavy (non-hydrogen) atoms. The van der Waals surface area contributed by atoms with Crippen molar-refractivity contribution in [1.29, 1.82) is 0 Å². The Labute approximate surface area is 152 Å². The second kappa shape index (κ2) is 7.03. The third-order valence-corrected chi connectivity index (χ3v) is 5.41. The van der Waals surface area contributed by atoms with Crippen molar-refractivity contribution in [2.45, 2.75) is 31.8 Å². The monoisotopic (exact) mass is 354 g/mol. The zero-order valence-electron chi connectivity index (χ0n) is 14.5. The fourth-order valence-electron chi connectivity index (χ4n) is 3.93. The van der Waals surface area contributed by atoms with E-state index in [0.717, 1.165) is 19.4 Å². The highest BCUT2D eigenvalue weighted by molar-refractivity contribution is 6.22. The predicted octanol–water partition coefficient (Wildman–Crippen LogP) is 2.05. The van der Waals surface area contributed by atoms with Gasteiger partial charge in [0.1, 0.15) is 0 Å². The molecule has 0 aromatic heterocycles. The minimum Gasteiger partial charge on any atom is -0.376 e. The minimum absolute atomic E-state index is 0.0926. The van der Waals surface area contributed by atoms with Gasteiger partial charge in [0.25, 0.3) is 5.91 Å². The summed E-state index contributed by atoms with van der Waals surface area (Å²) in [5.74, 6) is -0.951. The van der Waals surface area contributed by atoms with Gasteiger partial charge in [-0.25, -0.2) is 0 Å². The number of anilines is 1. The van der Waals surface area contributed by atoms with Crippen LogP contribution in [0.15, 0.2) is 36.4 Å². The SMILES string of the molecule is O=C(NC[C@@H]1CCCO1)c1ccc(N2C(=O)[C@H]3CC=CC[C@@H]3C2=O)cc1. The molecule has 136 valence electrons. The van der Waals surface area contributed by atoms with E-state index in [9.17, 15) is 14.4 Å². The fraction of sp³-hybridized carbons (Fsp3) is 0.450. The second-order valence-corrected chi connectivity index (χ2v) is 7.06. The number of allylic oxidation sites excluding steroid dienone is 2. The van der Waals surface area contributed by atoms with Crippen molar-refractivity contribution in [2.75, 3.05) is 18.1 Å². The van der Waals surface area contributed by atoms with Gasteiger partial charge in [0, 0.05) is 18.7 Å². The zero-order valence-corrected chi connectivity index (χ0v) is 14.5. The van der Waals surface area contributed by atoms with Crippen molar-refractivity contribution in [3.63, 3.8) is 0 Å². The molecule has 4 rings (SSSR count). The maximum atomic E-state index is 12.6. The number of amides is 3. The van der Waals surface area contributed by atoms with Crippen molar-refractivity contribution < 1.29 is 19.1 Å². The molecule has 3 aliphatic rings. The molecule has 6 nitrogen and oxygen atoms in total. The first-order chi connectivity index (χ1) is 12.6. The van der Waals surface area contributed by atoms with Crippen LogP contribution in [0.4, 0.5) is 5.69 Å². The van der Waals surface area contributed by atoms with Gasteiger partial charge in [0.15, 0.2) is 0 Å². The number of carbonyl (C=O) groups excluding carboxylic acids is 3. The quantitative estimate of drug-likeness (QED) is 0.663. The summed E-state index contributed by atoms with van der Waals surface area (Å²) in [6, 6.07) is 6.64. The maximum absolute atomic E-state index is 12.6. The molecular formula is C20H22N2O4. The lowest BCUT2D eigenvalue weighted by Crippen LogP contribution is -2.32. The van der Waals surface area contributed by atoms with Gasteiger partial charge in [0.2, 0.25) is 11.8 Å². The van der Waals surface area contributed by atoms with Gasteiger partial charge in [-0.05, 0) is 49.9 Å². The number of fused-ring (bicyclic) bond motifs is 1. The van der Waals surface area contributed by atoms with E-state index in [1.807, 2.05) is 12.2 Å². The van der Waals surface area contributed by atoms with Crippen LogP contribution in [0.2, 0.25) is 0 Å². The fourth-order valence-corrected chi connectivity index (χ4v) is 3.93. The Kier molecular flexibility index (Phi) is 4.59. The van der Waals surface area contributed by atoms with E-state index in [4.69, 9.17) is 4.74 Å². The van der Waals surface area contributed by atoms with E-state index in [1.165, 1.54) is 4.90 Å². The Balaban J connectivity index is 1.43. The normalized spacial score (nSPS) is 27.7. The van der Waals surface area contributed by atoms with Crippen LogP contribution < -0.4 is 10.2 Å². The molecule has 3 atom stereocenters. The average Bonchev–Trinajstić information content (AvgIpc) is 3.28. The van der Waals surface area contributed by atoms with Crippen LogP contribution in [0.25, 0.3) is 0 Å². The highest BCUT2D eigenvalue weighted by atomic mass is 16.5. The largest absolute Gasteiger partial charge is 0.376 e. The molecule has 2 fully saturated rings. The summed E-state index contributed by atoms with van der Waals surface area (Å²) in [4.78, 5) is 38.7. The van der Waals surface area contributed by atoms with Gasteiger partial charge in [-0.2, -0.15) is 0 Å². The predicted molar refractivity (Wildman–Crippen MR) is 95.6 cm³/mol. The Morgan fingerprint density at radius 2 is 1.73 bits per heavy atom. The zero-order chi connectivity index (χ0) is 18.1. The third kappa shape index (κ3) is 3.05. The van der Waals surface area contributed by atoms with Crippen molar-refractivity contribution in [3.8, 4) is 0 Å². The highest BCUT2D eigenvalue weighted by Gasteiger charge is 2.47. The first-order valence-corrected chi connectivity index (χ1v) is 9.18. The first kappa shape index (κ1) is 17.0. The summed E-state index contributed by atoms with van der Waals surface area (Å²) >= 11 is 0. The molecule has 0 radical (unpaired) electrons. The molecule has 3 amide bonds. The van der Waals surface area contributed by atoms with E-state index in [2.05, 4.69) is 5.32 Å². The number of hydrogen-bond donors (Lipinski definition) is 1. The Bertz CT molecular complexity index is 724. The molecular weight excluding hydrogens is 332 g/mol. The Hall–Kier alpha value is -2.47. The number of ether oxygens (including phenoxy) is 1. The molecule has 1 aromatic carbocycles. The summed E-state index contributed by atoms with van der Waals surface area (Å²) in [6.07, 6.45) is 7.27. The third-order valence-electron chi connectivity index (χ3n) is 5.41. The van der Waals surface area contributed by atoms with Crippen LogP contribution >= 0.6 is 0 Å². The summed E-state index contributed by atoms with van der Waals surface area (Å²) in [5, 5.41) is 2.87. The lowest BCUT2D eigenvalue weighted by atomic mass is 9.85. The molecule has 2 aliphatic heterocycles. The first-order valence-electron chi connectivity index (χ1n) is 9.18. The molecule has 0 spiro atoms. The number of nitrogens with zero attached hydrogens (tertiary/aromatic N) is 1. The van der Waals surface area contributed by atoms with Crippen molar-refractivity contribution in [1.82, 2.24) is 5.32 Å². The number of hydrogen-bond acceptors (Lipinski definition) is 4. The van der Waals surface area contributed by atoms with E-state index < -0.39 is 0 Å². The lowest BCUT2D eigenvalue weighted by molar-refractivity contribution is -0.122. The molecule has 0 saturated carbocycles. The Morgan fingerprint density at radius 1 is 1.08 bits per heavy atom. The van der Waals surface area contributed by atoms with Gasteiger partial charge in [-0.1, -0.05) is 12.2 Å². The van der Waals surface area contributed by atoms with Gasteiger partial charge in [-0.15, -0.1) is 0 Å². The smallest absolute Gasteiger partial charge is 0.251 e. The molecule has 1 aromatic rings. The number of imide groups is 1. The molecule has 2 saturated heterocycles. The van der Waals surface area contributed by atoms with Crippen LogP contribution in [0.1, 0.15) is 36.0 Å². The molecule has 0 bridgehead atoms.